The van der Waals surface area contributed by atoms with Crippen molar-refractivity contribution in [2.75, 3.05) is 33.3 Å². The minimum Gasteiger partial charge on any atom is -0.468 e. The highest BCUT2D eigenvalue weighted by Crippen LogP contribution is 2.26. The van der Waals surface area contributed by atoms with Gasteiger partial charge in [0, 0.05) is 31.2 Å². The Hall–Kier alpha value is -1.10. The van der Waals surface area contributed by atoms with Gasteiger partial charge in [-0.2, -0.15) is 0 Å². The van der Waals surface area contributed by atoms with E-state index in [1.54, 1.807) is 0 Å². The van der Waals surface area contributed by atoms with Crippen LogP contribution in [0.15, 0.2) is 18.2 Å². The maximum atomic E-state index is 12.1. The molecule has 1 saturated heterocycles. The number of ether oxygens (including phenoxy) is 1. The summed E-state index contributed by atoms with van der Waals surface area (Å²) in [5.41, 5.74) is 1.90. The molecular weight excluding hydrogens is 264 g/mol. The van der Waals surface area contributed by atoms with Gasteiger partial charge in [0.05, 0.1) is 7.11 Å². The molecule has 1 atom stereocenters. The zero-order valence-electron chi connectivity index (χ0n) is 11.3. The summed E-state index contributed by atoms with van der Waals surface area (Å²) in [5, 5.41) is 3.96. The molecule has 0 radical (unpaired) electrons. The van der Waals surface area contributed by atoms with Crippen LogP contribution in [-0.2, 0) is 9.53 Å². The highest BCUT2D eigenvalue weighted by atomic mass is 35.5. The number of esters is 1. The first-order chi connectivity index (χ1) is 9.13. The van der Waals surface area contributed by atoms with Crippen LogP contribution in [0.4, 0.5) is 0 Å². The molecule has 104 valence electrons. The molecule has 1 heterocycles. The molecule has 1 aromatic rings. The summed E-state index contributed by atoms with van der Waals surface area (Å²) in [6.07, 6.45) is 0. The van der Waals surface area contributed by atoms with Gasteiger partial charge in [0.2, 0.25) is 0 Å². The van der Waals surface area contributed by atoms with Crippen LogP contribution >= 0.6 is 11.6 Å². The maximum Gasteiger partial charge on any atom is 0.327 e. The molecule has 0 bridgehead atoms. The van der Waals surface area contributed by atoms with Crippen LogP contribution in [0, 0.1) is 6.92 Å². The van der Waals surface area contributed by atoms with Crippen molar-refractivity contribution in [2.24, 2.45) is 0 Å². The zero-order valence-corrected chi connectivity index (χ0v) is 12.0. The second-order valence-electron chi connectivity index (χ2n) is 4.72. The Morgan fingerprint density at radius 1 is 1.42 bits per heavy atom. The Labute approximate surface area is 118 Å². The van der Waals surface area contributed by atoms with Crippen molar-refractivity contribution < 1.29 is 9.53 Å². The van der Waals surface area contributed by atoms with Crippen LogP contribution in [0.2, 0.25) is 5.02 Å². The van der Waals surface area contributed by atoms with E-state index >= 15 is 0 Å². The molecule has 2 rings (SSSR count). The monoisotopic (exact) mass is 282 g/mol. The van der Waals surface area contributed by atoms with Crippen LogP contribution in [0.5, 0.6) is 0 Å². The average molecular weight is 283 g/mol. The van der Waals surface area contributed by atoms with Gasteiger partial charge in [-0.05, 0) is 24.1 Å². The predicted octanol–water partition coefficient (Wildman–Crippen LogP) is 1.77. The highest BCUT2D eigenvalue weighted by molar-refractivity contribution is 6.31. The number of aryl methyl sites for hydroxylation is 1. The molecule has 5 heteroatoms. The first kappa shape index (κ1) is 14.3. The fourth-order valence-corrected chi connectivity index (χ4v) is 2.52. The van der Waals surface area contributed by atoms with Crippen molar-refractivity contribution >= 4 is 17.6 Å². The summed E-state index contributed by atoms with van der Waals surface area (Å²) in [4.78, 5) is 14.2. The number of carbonyl (C=O) groups excluding carboxylic acids is 1. The van der Waals surface area contributed by atoms with Crippen molar-refractivity contribution in [3.63, 3.8) is 0 Å². The molecule has 1 aromatic carbocycles. The number of methoxy groups -OCH3 is 1. The number of rotatable bonds is 3. The van der Waals surface area contributed by atoms with Crippen LogP contribution in [0.1, 0.15) is 17.2 Å². The Morgan fingerprint density at radius 3 is 2.68 bits per heavy atom. The number of piperazine rings is 1. The van der Waals surface area contributed by atoms with E-state index in [0.717, 1.165) is 37.3 Å². The van der Waals surface area contributed by atoms with Crippen LogP contribution in [-0.4, -0.2) is 44.2 Å². The van der Waals surface area contributed by atoms with E-state index in [1.807, 2.05) is 25.1 Å². The Bertz CT molecular complexity index is 459. The smallest absolute Gasteiger partial charge is 0.327 e. The summed E-state index contributed by atoms with van der Waals surface area (Å²) in [7, 11) is 1.42. The van der Waals surface area contributed by atoms with Gasteiger partial charge in [-0.1, -0.05) is 23.7 Å². The molecule has 1 N–H and O–H groups in total. The van der Waals surface area contributed by atoms with Crippen molar-refractivity contribution in [3.8, 4) is 0 Å². The Kier molecular flexibility index (Phi) is 4.80. The molecule has 0 saturated carbocycles. The third kappa shape index (κ3) is 3.26. The molecule has 1 aliphatic heterocycles. The van der Waals surface area contributed by atoms with Gasteiger partial charge in [0.1, 0.15) is 6.04 Å². The molecule has 1 fully saturated rings. The summed E-state index contributed by atoms with van der Waals surface area (Å²) < 4.78 is 4.95. The van der Waals surface area contributed by atoms with Crippen LogP contribution < -0.4 is 5.32 Å². The minimum absolute atomic E-state index is 0.234. The third-order valence-corrected chi connectivity index (χ3v) is 3.86. The second kappa shape index (κ2) is 6.37. The summed E-state index contributed by atoms with van der Waals surface area (Å²) in [6.45, 7) is 5.36. The topological polar surface area (TPSA) is 41.6 Å². The normalized spacial score (nSPS) is 18.1. The van der Waals surface area contributed by atoms with Gasteiger partial charge in [0.25, 0.3) is 0 Å². The zero-order chi connectivity index (χ0) is 13.8. The minimum atomic E-state index is -0.370. The SMILES string of the molecule is COC(=O)C(c1ccc(C)c(Cl)c1)N1CCNCC1. The van der Waals surface area contributed by atoms with Crippen molar-refractivity contribution in [3.05, 3.63) is 34.3 Å². The van der Waals surface area contributed by atoms with Gasteiger partial charge in [-0.25, -0.2) is 4.79 Å². The summed E-state index contributed by atoms with van der Waals surface area (Å²) in [6, 6.07) is 5.38. The lowest BCUT2D eigenvalue weighted by atomic mass is 10.0. The number of hydrogen-bond acceptors (Lipinski definition) is 4. The number of carbonyl (C=O) groups is 1. The molecule has 4 nitrogen and oxygen atoms in total. The summed E-state index contributed by atoms with van der Waals surface area (Å²) in [5.74, 6) is -0.234. The number of hydrogen-bond donors (Lipinski definition) is 1. The first-order valence-corrected chi connectivity index (χ1v) is 6.80. The molecule has 0 spiro atoms. The first-order valence-electron chi connectivity index (χ1n) is 6.42. The largest absolute Gasteiger partial charge is 0.468 e. The van der Waals surface area contributed by atoms with E-state index in [4.69, 9.17) is 16.3 Å². The van der Waals surface area contributed by atoms with E-state index in [-0.39, 0.29) is 12.0 Å². The average Bonchev–Trinajstić information content (AvgIpc) is 2.44. The second-order valence-corrected chi connectivity index (χ2v) is 5.13. The van der Waals surface area contributed by atoms with Crippen LogP contribution in [0.25, 0.3) is 0 Å². The lowest BCUT2D eigenvalue weighted by Crippen LogP contribution is -2.47. The van der Waals surface area contributed by atoms with Crippen LogP contribution in [0.3, 0.4) is 0 Å². The van der Waals surface area contributed by atoms with E-state index in [1.165, 1.54) is 7.11 Å². The molecular formula is C14H19ClN2O2. The predicted molar refractivity (Wildman–Crippen MR) is 75.4 cm³/mol. The van der Waals surface area contributed by atoms with Crippen molar-refractivity contribution in [1.29, 1.82) is 0 Å². The maximum absolute atomic E-state index is 12.1. The van der Waals surface area contributed by atoms with Gasteiger partial charge in [-0.3, -0.25) is 4.90 Å². The summed E-state index contributed by atoms with van der Waals surface area (Å²) >= 11 is 6.16. The number of nitrogens with one attached hydrogen (secondary N) is 1. The van der Waals surface area contributed by atoms with E-state index < -0.39 is 0 Å². The Morgan fingerprint density at radius 2 is 2.11 bits per heavy atom. The fraction of sp³-hybridized carbons (Fsp3) is 0.500. The van der Waals surface area contributed by atoms with E-state index in [0.29, 0.717) is 5.02 Å². The quantitative estimate of drug-likeness (QED) is 0.858. The lowest BCUT2D eigenvalue weighted by molar-refractivity contribution is -0.147. The number of benzene rings is 1. The van der Waals surface area contributed by atoms with Crippen molar-refractivity contribution in [1.82, 2.24) is 10.2 Å². The number of halogens is 1. The Balaban J connectivity index is 2.30. The standard InChI is InChI=1S/C14H19ClN2O2/c1-10-3-4-11(9-12(10)15)13(14(18)19-2)17-7-5-16-6-8-17/h3-4,9,13,16H,5-8H2,1-2H3. The molecule has 19 heavy (non-hydrogen) atoms. The highest BCUT2D eigenvalue weighted by Gasteiger charge is 2.29. The van der Waals surface area contributed by atoms with Gasteiger partial charge >= 0.3 is 5.97 Å². The van der Waals surface area contributed by atoms with Gasteiger partial charge in [0.15, 0.2) is 0 Å². The molecule has 0 aromatic heterocycles. The lowest BCUT2D eigenvalue weighted by Gasteiger charge is -2.33. The third-order valence-electron chi connectivity index (χ3n) is 3.45. The van der Waals surface area contributed by atoms with Crippen molar-refractivity contribution in [2.45, 2.75) is 13.0 Å². The van der Waals surface area contributed by atoms with E-state index in [2.05, 4.69) is 10.2 Å². The molecule has 0 amide bonds. The van der Waals surface area contributed by atoms with Gasteiger partial charge in [-0.15, -0.1) is 0 Å². The molecule has 0 aliphatic carbocycles. The fourth-order valence-electron chi connectivity index (χ4n) is 2.33. The van der Waals surface area contributed by atoms with Gasteiger partial charge < -0.3 is 10.1 Å². The van der Waals surface area contributed by atoms with E-state index in [9.17, 15) is 4.79 Å². The number of nitrogens with zero attached hydrogens (tertiary/aromatic N) is 1. The molecule has 1 unspecified atom stereocenters. The molecule has 1 aliphatic rings.